The van der Waals surface area contributed by atoms with Crippen molar-refractivity contribution in [2.24, 2.45) is 17.1 Å². The highest BCUT2D eigenvalue weighted by Gasteiger charge is 2.53. The van der Waals surface area contributed by atoms with Gasteiger partial charge in [0.15, 0.2) is 5.82 Å². The second-order valence-electron chi connectivity index (χ2n) is 5.99. The molecule has 5 heteroatoms. The summed E-state index contributed by atoms with van der Waals surface area (Å²) in [5.74, 6) is 1.68. The molecule has 1 heterocycles. The number of nitrogens with zero attached hydrogens (tertiary/aromatic N) is 2. The van der Waals surface area contributed by atoms with Crippen LogP contribution in [0.4, 0.5) is 5.82 Å². The van der Waals surface area contributed by atoms with Gasteiger partial charge in [-0.3, -0.25) is 0 Å². The first-order valence-electron chi connectivity index (χ1n) is 6.91. The van der Waals surface area contributed by atoms with E-state index in [2.05, 4.69) is 15.5 Å². The molecule has 2 aliphatic rings. The topological polar surface area (TPSA) is 63.8 Å². The zero-order valence-electron chi connectivity index (χ0n) is 11.5. The van der Waals surface area contributed by atoms with Gasteiger partial charge in [0.1, 0.15) is 4.99 Å². The van der Waals surface area contributed by atoms with Gasteiger partial charge in [-0.2, -0.15) is 5.10 Å². The number of hydrogen-bond donors (Lipinski definition) is 2. The lowest BCUT2D eigenvalue weighted by Crippen LogP contribution is -2.22. The number of rotatable bonds is 5. The molecule has 2 fully saturated rings. The molecule has 0 bridgehead atoms. The number of anilines is 1. The second kappa shape index (κ2) is 4.40. The summed E-state index contributed by atoms with van der Waals surface area (Å²) < 4.78 is 0. The molecule has 1 aromatic rings. The monoisotopic (exact) mass is 276 g/mol. The molecule has 0 amide bonds. The molecule has 3 N–H and O–H groups in total. The Bertz CT molecular complexity index is 532. The van der Waals surface area contributed by atoms with Crippen LogP contribution in [-0.4, -0.2) is 21.7 Å². The van der Waals surface area contributed by atoms with Crippen molar-refractivity contribution in [2.45, 2.75) is 39.5 Å². The van der Waals surface area contributed by atoms with Crippen LogP contribution in [0.25, 0.3) is 0 Å². The molecule has 3 rings (SSSR count). The van der Waals surface area contributed by atoms with Gasteiger partial charge < -0.3 is 11.1 Å². The molecule has 0 aliphatic heterocycles. The van der Waals surface area contributed by atoms with E-state index in [4.69, 9.17) is 18.0 Å². The van der Waals surface area contributed by atoms with Crippen molar-refractivity contribution in [3.8, 4) is 0 Å². The molecule has 4 nitrogen and oxygen atoms in total. The number of nitrogens with two attached hydrogens (primary N) is 1. The smallest absolute Gasteiger partial charge is 0.159 e. The van der Waals surface area contributed by atoms with E-state index in [9.17, 15) is 0 Å². The van der Waals surface area contributed by atoms with Gasteiger partial charge in [-0.25, -0.2) is 0 Å². The van der Waals surface area contributed by atoms with Crippen molar-refractivity contribution in [2.75, 3.05) is 11.9 Å². The van der Waals surface area contributed by atoms with E-state index < -0.39 is 0 Å². The largest absolute Gasteiger partial charge is 0.389 e. The predicted octanol–water partition coefficient (Wildman–Crippen LogP) is 2.33. The molecule has 0 atom stereocenters. The van der Waals surface area contributed by atoms with E-state index in [1.807, 2.05) is 13.8 Å². The first kappa shape index (κ1) is 12.8. The SMILES string of the molecule is Cc1nnc(NCC2(C3CC3)CC2)c(C(N)=S)c1C. The van der Waals surface area contributed by atoms with E-state index in [-0.39, 0.29) is 0 Å². The summed E-state index contributed by atoms with van der Waals surface area (Å²) in [5, 5.41) is 11.9. The van der Waals surface area contributed by atoms with Gasteiger partial charge in [0, 0.05) is 6.54 Å². The van der Waals surface area contributed by atoms with E-state index in [0.29, 0.717) is 10.4 Å². The van der Waals surface area contributed by atoms with Gasteiger partial charge in [-0.15, -0.1) is 5.10 Å². The summed E-state index contributed by atoms with van der Waals surface area (Å²) >= 11 is 5.15. The highest BCUT2D eigenvalue weighted by molar-refractivity contribution is 7.80. The summed E-state index contributed by atoms with van der Waals surface area (Å²) in [4.78, 5) is 0.397. The van der Waals surface area contributed by atoms with Crippen LogP contribution < -0.4 is 11.1 Å². The lowest BCUT2D eigenvalue weighted by Gasteiger charge is -2.18. The zero-order valence-corrected chi connectivity index (χ0v) is 12.3. The summed E-state index contributed by atoms with van der Waals surface area (Å²) in [6.45, 7) is 4.91. The fourth-order valence-corrected chi connectivity index (χ4v) is 3.13. The maximum Gasteiger partial charge on any atom is 0.159 e. The summed E-state index contributed by atoms with van der Waals surface area (Å²) in [6.07, 6.45) is 5.46. The van der Waals surface area contributed by atoms with Gasteiger partial charge in [0.25, 0.3) is 0 Å². The van der Waals surface area contributed by atoms with Crippen LogP contribution in [0.2, 0.25) is 0 Å². The molecule has 0 radical (unpaired) electrons. The molecule has 1 aromatic heterocycles. The van der Waals surface area contributed by atoms with Crippen LogP contribution in [0.5, 0.6) is 0 Å². The Kier molecular flexibility index (Phi) is 2.96. The van der Waals surface area contributed by atoms with E-state index >= 15 is 0 Å². The molecule has 102 valence electrons. The van der Waals surface area contributed by atoms with Crippen molar-refractivity contribution >= 4 is 23.0 Å². The molecular weight excluding hydrogens is 256 g/mol. The van der Waals surface area contributed by atoms with Crippen molar-refractivity contribution in [3.63, 3.8) is 0 Å². The average Bonchev–Trinajstić information content (AvgIpc) is 3.23. The van der Waals surface area contributed by atoms with Crippen molar-refractivity contribution < 1.29 is 0 Å². The third-order valence-corrected chi connectivity index (χ3v) is 4.85. The molecule has 0 spiro atoms. The van der Waals surface area contributed by atoms with E-state index in [1.54, 1.807) is 0 Å². The highest BCUT2D eigenvalue weighted by Crippen LogP contribution is 2.61. The van der Waals surface area contributed by atoms with Crippen LogP contribution in [0, 0.1) is 25.2 Å². The third kappa shape index (κ3) is 2.31. The number of aryl methyl sites for hydroxylation is 1. The fraction of sp³-hybridized carbons (Fsp3) is 0.643. The minimum absolute atomic E-state index is 0.397. The minimum atomic E-state index is 0.397. The van der Waals surface area contributed by atoms with E-state index in [0.717, 1.165) is 35.1 Å². The van der Waals surface area contributed by atoms with Crippen LogP contribution >= 0.6 is 12.2 Å². The number of thiocarbonyl (C=S) groups is 1. The molecular formula is C14H20N4S. The number of aromatic nitrogens is 2. The van der Waals surface area contributed by atoms with Gasteiger partial charge in [0.2, 0.25) is 0 Å². The average molecular weight is 276 g/mol. The minimum Gasteiger partial charge on any atom is -0.389 e. The van der Waals surface area contributed by atoms with Gasteiger partial charge in [-0.05, 0) is 56.4 Å². The third-order valence-electron chi connectivity index (χ3n) is 4.64. The Hall–Kier alpha value is -1.23. The first-order valence-corrected chi connectivity index (χ1v) is 7.32. The standard InChI is InChI=1S/C14H20N4S/c1-8-9(2)17-18-13(11(8)12(15)19)16-7-14(5-6-14)10-3-4-10/h10H,3-7H2,1-2H3,(H2,15,19)(H,16,18). The van der Waals surface area contributed by atoms with E-state index in [1.165, 1.54) is 25.7 Å². The normalized spacial score (nSPS) is 20.1. The molecule has 2 saturated carbocycles. The Balaban J connectivity index is 1.80. The Morgan fingerprint density at radius 3 is 2.58 bits per heavy atom. The van der Waals surface area contributed by atoms with Gasteiger partial charge in [0.05, 0.1) is 11.3 Å². The molecule has 0 saturated heterocycles. The quantitative estimate of drug-likeness (QED) is 0.808. The summed E-state index contributed by atoms with van der Waals surface area (Å²) in [7, 11) is 0. The molecule has 19 heavy (non-hydrogen) atoms. The zero-order chi connectivity index (χ0) is 13.6. The van der Waals surface area contributed by atoms with Gasteiger partial charge >= 0.3 is 0 Å². The summed E-state index contributed by atoms with van der Waals surface area (Å²) in [5.41, 5.74) is 9.13. The van der Waals surface area contributed by atoms with Crippen LogP contribution in [0.1, 0.15) is 42.5 Å². The van der Waals surface area contributed by atoms with Crippen LogP contribution in [0.15, 0.2) is 0 Å². The number of nitrogens with one attached hydrogen (secondary N) is 1. The van der Waals surface area contributed by atoms with Crippen molar-refractivity contribution in [1.82, 2.24) is 10.2 Å². The lowest BCUT2D eigenvalue weighted by atomic mass is 10.0. The molecule has 0 unspecified atom stereocenters. The first-order chi connectivity index (χ1) is 9.03. The maximum atomic E-state index is 5.84. The molecule has 0 aromatic carbocycles. The highest BCUT2D eigenvalue weighted by atomic mass is 32.1. The van der Waals surface area contributed by atoms with Gasteiger partial charge in [-0.1, -0.05) is 12.2 Å². The Morgan fingerprint density at radius 2 is 2.05 bits per heavy atom. The molecule has 2 aliphatic carbocycles. The lowest BCUT2D eigenvalue weighted by molar-refractivity contribution is 0.466. The van der Waals surface area contributed by atoms with Crippen LogP contribution in [0.3, 0.4) is 0 Å². The Morgan fingerprint density at radius 1 is 1.37 bits per heavy atom. The van der Waals surface area contributed by atoms with Crippen molar-refractivity contribution in [3.05, 3.63) is 16.8 Å². The second-order valence-corrected chi connectivity index (χ2v) is 6.43. The predicted molar refractivity (Wildman–Crippen MR) is 80.3 cm³/mol. The fourth-order valence-electron chi connectivity index (χ4n) is 2.88. The Labute approximate surface area is 119 Å². The number of hydrogen-bond acceptors (Lipinski definition) is 4. The van der Waals surface area contributed by atoms with Crippen molar-refractivity contribution in [1.29, 1.82) is 0 Å². The maximum absolute atomic E-state index is 5.84. The van der Waals surface area contributed by atoms with Crippen LogP contribution in [-0.2, 0) is 0 Å². The summed E-state index contributed by atoms with van der Waals surface area (Å²) in [6, 6.07) is 0.